The lowest BCUT2D eigenvalue weighted by molar-refractivity contribution is 0.0999. The van der Waals surface area contributed by atoms with Gasteiger partial charge in [-0.3, -0.25) is 9.78 Å². The number of carbonyl (C=O) groups is 1. The molecule has 2 aromatic carbocycles. The van der Waals surface area contributed by atoms with Crippen molar-refractivity contribution in [1.29, 1.82) is 0 Å². The monoisotopic (exact) mass is 436 g/mol. The summed E-state index contributed by atoms with van der Waals surface area (Å²) in [6, 6.07) is 21.6. The second kappa shape index (κ2) is 8.70. The third-order valence-corrected chi connectivity index (χ3v) is 5.84. The molecule has 0 fully saturated rings. The highest BCUT2D eigenvalue weighted by molar-refractivity contribution is 6.07. The number of imidazole rings is 1. The van der Waals surface area contributed by atoms with Gasteiger partial charge in [0.2, 0.25) is 0 Å². The molecule has 7 heteroatoms. The number of amides is 1. The number of nitrogens with zero attached hydrogens (tertiary/aromatic N) is 4. The average molecular weight is 437 g/mol. The Morgan fingerprint density at radius 3 is 2.52 bits per heavy atom. The van der Waals surface area contributed by atoms with Gasteiger partial charge in [0.1, 0.15) is 11.3 Å². The van der Waals surface area contributed by atoms with Crippen LogP contribution in [-0.2, 0) is 13.0 Å². The van der Waals surface area contributed by atoms with Gasteiger partial charge >= 0.3 is 0 Å². The fourth-order valence-electron chi connectivity index (χ4n) is 4.31. The van der Waals surface area contributed by atoms with Crippen LogP contribution in [0.1, 0.15) is 28.9 Å². The first-order valence-corrected chi connectivity index (χ1v) is 11.0. The molecule has 0 atom stereocenters. The van der Waals surface area contributed by atoms with Crippen LogP contribution in [0.4, 0.5) is 5.82 Å². The number of hydrogen-bond acceptors (Lipinski definition) is 5. The van der Waals surface area contributed by atoms with Crippen LogP contribution in [0.2, 0.25) is 0 Å². The highest BCUT2D eigenvalue weighted by atomic mass is 16.1. The predicted molar refractivity (Wildman–Crippen MR) is 131 cm³/mol. The minimum absolute atomic E-state index is 0.430. The van der Waals surface area contributed by atoms with Gasteiger partial charge < -0.3 is 16.0 Å². The van der Waals surface area contributed by atoms with Crippen molar-refractivity contribution in [2.75, 3.05) is 5.73 Å². The molecule has 0 aliphatic carbocycles. The Bertz CT molecular complexity index is 1460. The Morgan fingerprint density at radius 2 is 1.70 bits per heavy atom. The fraction of sp³-hybridized carbons (Fsp3) is 0.154. The largest absolute Gasteiger partial charge is 0.382 e. The number of pyridine rings is 2. The highest BCUT2D eigenvalue weighted by Crippen LogP contribution is 2.32. The normalized spacial score (nSPS) is 11.3. The quantitative estimate of drug-likeness (QED) is 0.368. The van der Waals surface area contributed by atoms with Crippen molar-refractivity contribution in [2.45, 2.75) is 25.8 Å². The van der Waals surface area contributed by atoms with Crippen LogP contribution in [0.15, 0.2) is 72.9 Å². The smallest absolute Gasteiger partial charge is 0.250 e. The average Bonchev–Trinajstić information content (AvgIpc) is 3.23. The van der Waals surface area contributed by atoms with Gasteiger partial charge in [-0.2, -0.15) is 0 Å². The summed E-state index contributed by atoms with van der Waals surface area (Å²) in [6.45, 7) is 0.743. The van der Waals surface area contributed by atoms with E-state index in [4.69, 9.17) is 16.5 Å². The number of rotatable bonds is 7. The van der Waals surface area contributed by atoms with Gasteiger partial charge in [-0.05, 0) is 37.5 Å². The number of fused-ring (bicyclic) bond motifs is 3. The highest BCUT2D eigenvalue weighted by Gasteiger charge is 2.18. The summed E-state index contributed by atoms with van der Waals surface area (Å²) in [7, 11) is 0. The third-order valence-electron chi connectivity index (χ3n) is 5.84. The maximum absolute atomic E-state index is 11.7. The van der Waals surface area contributed by atoms with Gasteiger partial charge in [-0.25, -0.2) is 9.97 Å². The molecule has 5 aromatic rings. The van der Waals surface area contributed by atoms with Gasteiger partial charge in [-0.15, -0.1) is 0 Å². The van der Waals surface area contributed by atoms with Gasteiger partial charge in [-0.1, -0.05) is 48.5 Å². The van der Waals surface area contributed by atoms with E-state index < -0.39 is 5.91 Å². The molecule has 5 rings (SSSR count). The van der Waals surface area contributed by atoms with Crippen molar-refractivity contribution in [3.63, 3.8) is 0 Å². The number of benzene rings is 2. The molecule has 0 aliphatic rings. The van der Waals surface area contributed by atoms with E-state index in [0.717, 1.165) is 52.9 Å². The summed E-state index contributed by atoms with van der Waals surface area (Å²) in [5, 5.41) is 1.03. The fourth-order valence-corrected chi connectivity index (χ4v) is 4.31. The summed E-state index contributed by atoms with van der Waals surface area (Å²) in [4.78, 5) is 25.5. The van der Waals surface area contributed by atoms with Crippen LogP contribution in [0, 0.1) is 0 Å². The van der Waals surface area contributed by atoms with Crippen molar-refractivity contribution in [1.82, 2.24) is 19.5 Å². The minimum Gasteiger partial charge on any atom is -0.382 e. The van der Waals surface area contributed by atoms with E-state index in [1.54, 1.807) is 18.3 Å². The molecule has 7 nitrogen and oxygen atoms in total. The lowest BCUT2D eigenvalue weighted by Gasteiger charge is -2.11. The SMILES string of the molecule is NC(=O)c1cccnc1CCCCn1c(-c2ccccc2)nc2c(N)nc3ccccc3c21. The lowest BCUT2D eigenvalue weighted by atomic mass is 10.1. The number of hydrogen-bond donors (Lipinski definition) is 2. The molecular weight excluding hydrogens is 412 g/mol. The predicted octanol–water partition coefficient (Wildman–Crippen LogP) is 4.35. The van der Waals surface area contributed by atoms with E-state index in [1.807, 2.05) is 36.4 Å². The summed E-state index contributed by atoms with van der Waals surface area (Å²) in [5.74, 6) is 0.852. The summed E-state index contributed by atoms with van der Waals surface area (Å²) < 4.78 is 2.23. The number of anilines is 1. The molecule has 1 amide bonds. The van der Waals surface area contributed by atoms with Gasteiger partial charge in [0.25, 0.3) is 5.91 Å². The van der Waals surface area contributed by atoms with E-state index in [1.165, 1.54) is 0 Å². The van der Waals surface area contributed by atoms with Crippen molar-refractivity contribution >= 4 is 33.7 Å². The molecule has 0 aliphatic heterocycles. The lowest BCUT2D eigenvalue weighted by Crippen LogP contribution is -2.14. The van der Waals surface area contributed by atoms with E-state index >= 15 is 0 Å². The number of aryl methyl sites for hydroxylation is 2. The van der Waals surface area contributed by atoms with Gasteiger partial charge in [0.05, 0.1) is 22.3 Å². The molecule has 0 saturated heterocycles. The molecule has 0 bridgehead atoms. The Labute approximate surface area is 191 Å². The van der Waals surface area contributed by atoms with Crippen LogP contribution < -0.4 is 11.5 Å². The van der Waals surface area contributed by atoms with E-state index in [2.05, 4.69) is 32.7 Å². The molecule has 0 spiro atoms. The molecular formula is C26H24N6O. The van der Waals surface area contributed by atoms with Crippen LogP contribution in [0.25, 0.3) is 33.3 Å². The number of unbranched alkanes of at least 4 members (excludes halogenated alkanes) is 1. The Morgan fingerprint density at radius 1 is 0.909 bits per heavy atom. The summed E-state index contributed by atoms with van der Waals surface area (Å²) in [6.07, 6.45) is 4.09. The molecule has 164 valence electrons. The first kappa shape index (κ1) is 20.6. The minimum atomic E-state index is -0.445. The standard InChI is InChI=1S/C26H24N6O/c27-24-22-23(18-11-4-5-14-21(18)30-24)32(26(31-22)17-9-2-1-3-10-17)16-7-6-13-20-19(25(28)33)12-8-15-29-20/h1-5,8-12,14-15H,6-7,13,16H2,(H2,27,30)(H2,28,33). The number of nitrogen functional groups attached to an aromatic ring is 1. The van der Waals surface area contributed by atoms with Crippen molar-refractivity contribution in [3.8, 4) is 11.4 Å². The van der Waals surface area contributed by atoms with Gasteiger partial charge in [0.15, 0.2) is 5.82 Å². The second-order valence-corrected chi connectivity index (χ2v) is 7.98. The number of carbonyl (C=O) groups excluding carboxylic acids is 1. The summed E-state index contributed by atoms with van der Waals surface area (Å²) in [5.41, 5.74) is 16.6. The zero-order chi connectivity index (χ0) is 22.8. The van der Waals surface area contributed by atoms with Gasteiger partial charge in [0, 0.05) is 23.7 Å². The molecule has 33 heavy (non-hydrogen) atoms. The maximum Gasteiger partial charge on any atom is 0.250 e. The van der Waals surface area contributed by atoms with E-state index in [0.29, 0.717) is 23.3 Å². The first-order valence-electron chi connectivity index (χ1n) is 11.0. The van der Waals surface area contributed by atoms with Crippen LogP contribution in [-0.4, -0.2) is 25.4 Å². The van der Waals surface area contributed by atoms with Crippen molar-refractivity contribution < 1.29 is 4.79 Å². The number of nitrogens with two attached hydrogens (primary N) is 2. The topological polar surface area (TPSA) is 113 Å². The zero-order valence-electron chi connectivity index (χ0n) is 18.1. The Kier molecular flexibility index (Phi) is 5.44. The molecule has 0 radical (unpaired) electrons. The summed E-state index contributed by atoms with van der Waals surface area (Å²) >= 11 is 0. The van der Waals surface area contributed by atoms with Crippen LogP contribution >= 0.6 is 0 Å². The molecule has 3 heterocycles. The molecule has 3 aromatic heterocycles. The Balaban J connectivity index is 1.52. The third kappa shape index (κ3) is 3.89. The van der Waals surface area contributed by atoms with Crippen LogP contribution in [0.3, 0.4) is 0 Å². The number of aromatic nitrogens is 4. The molecule has 4 N–H and O–H groups in total. The molecule has 0 unspecified atom stereocenters. The Hall–Kier alpha value is -4.26. The first-order chi connectivity index (χ1) is 16.1. The van der Waals surface area contributed by atoms with E-state index in [-0.39, 0.29) is 0 Å². The van der Waals surface area contributed by atoms with E-state index in [9.17, 15) is 4.79 Å². The maximum atomic E-state index is 11.7. The van der Waals surface area contributed by atoms with Crippen molar-refractivity contribution in [2.24, 2.45) is 5.73 Å². The molecule has 0 saturated carbocycles. The number of para-hydroxylation sites is 1. The number of primary amides is 1. The zero-order valence-corrected chi connectivity index (χ0v) is 18.1. The second-order valence-electron chi connectivity index (χ2n) is 7.98. The van der Waals surface area contributed by atoms with Crippen LogP contribution in [0.5, 0.6) is 0 Å². The van der Waals surface area contributed by atoms with Crippen molar-refractivity contribution in [3.05, 3.63) is 84.2 Å².